The van der Waals surface area contributed by atoms with Gasteiger partial charge in [-0.3, -0.25) is 19.2 Å². The standard InChI is InChI=1S/C46H52N2O12/c49-41-37-5-1-3-7-39(37)45(51)47-17-19-53-21-23-55-25-27-57-29-31-59-43(41)35-13-9-33(10-14-35)34-11-15-36(16-12-34)44-42(50)38-6-2-4-8-40(38)46(52)48-18-20-54-22-24-56-26-28-58-30-32-60-44/h1-13,15H,14,16-32H2,(H,47,51)(H,48,52). The maximum Gasteiger partial charge on any atom is 0.252 e. The van der Waals surface area contributed by atoms with Crippen molar-refractivity contribution in [1.29, 1.82) is 0 Å². The van der Waals surface area contributed by atoms with Gasteiger partial charge in [-0.25, -0.2) is 0 Å². The Hall–Kier alpha value is -5.48. The molecular weight excluding hydrogens is 773 g/mol. The third-order valence-electron chi connectivity index (χ3n) is 9.67. The minimum atomic E-state index is -0.414. The normalized spacial score (nSPS) is 23.1. The fourth-order valence-corrected chi connectivity index (χ4v) is 6.62. The summed E-state index contributed by atoms with van der Waals surface area (Å²) in [6.07, 6.45) is 12.3. The lowest BCUT2D eigenvalue weighted by atomic mass is 9.89. The van der Waals surface area contributed by atoms with Crippen LogP contribution in [0.2, 0.25) is 0 Å². The summed E-state index contributed by atoms with van der Waals surface area (Å²) in [7, 11) is 0. The molecule has 6 rings (SSSR count). The minimum Gasteiger partial charge on any atom is -0.487 e. The Kier molecular flexibility index (Phi) is 17.6. The molecule has 0 radical (unpaired) electrons. The Morgan fingerprint density at radius 3 is 1.07 bits per heavy atom. The fraction of sp³-hybridized carbons (Fsp3) is 0.391. The highest BCUT2D eigenvalue weighted by atomic mass is 16.6. The van der Waals surface area contributed by atoms with Gasteiger partial charge in [0.15, 0.2) is 11.5 Å². The molecule has 2 amide bonds. The lowest BCUT2D eigenvalue weighted by Gasteiger charge is -2.20. The molecule has 0 bridgehead atoms. The van der Waals surface area contributed by atoms with Gasteiger partial charge >= 0.3 is 0 Å². The van der Waals surface area contributed by atoms with Crippen LogP contribution in [-0.4, -0.2) is 129 Å². The van der Waals surface area contributed by atoms with Crippen molar-refractivity contribution in [3.8, 4) is 0 Å². The highest BCUT2D eigenvalue weighted by Gasteiger charge is 2.26. The van der Waals surface area contributed by atoms with Crippen molar-refractivity contribution in [3.63, 3.8) is 0 Å². The lowest BCUT2D eigenvalue weighted by molar-refractivity contribution is 0.00505. The van der Waals surface area contributed by atoms with E-state index in [1.807, 2.05) is 36.5 Å². The van der Waals surface area contributed by atoms with Gasteiger partial charge in [-0.15, -0.1) is 0 Å². The number of hydrogen-bond donors (Lipinski definition) is 2. The number of hydrogen-bond acceptors (Lipinski definition) is 12. The molecule has 14 heteroatoms. The maximum atomic E-state index is 14.2. The van der Waals surface area contributed by atoms with Crippen molar-refractivity contribution in [1.82, 2.24) is 10.6 Å². The quantitative estimate of drug-likeness (QED) is 0.383. The number of amides is 2. The van der Waals surface area contributed by atoms with E-state index in [1.54, 1.807) is 48.5 Å². The Morgan fingerprint density at radius 2 is 0.717 bits per heavy atom. The smallest absolute Gasteiger partial charge is 0.252 e. The predicted molar refractivity (Wildman–Crippen MR) is 221 cm³/mol. The number of nitrogens with one attached hydrogen (secondary N) is 2. The van der Waals surface area contributed by atoms with E-state index in [0.717, 1.165) is 11.1 Å². The number of rotatable bonds is 1. The average molecular weight is 825 g/mol. The van der Waals surface area contributed by atoms with E-state index in [2.05, 4.69) is 10.6 Å². The monoisotopic (exact) mass is 824 g/mol. The molecule has 0 atom stereocenters. The zero-order valence-electron chi connectivity index (χ0n) is 33.7. The highest BCUT2D eigenvalue weighted by molar-refractivity contribution is 6.15. The topological polar surface area (TPSA) is 166 Å². The largest absolute Gasteiger partial charge is 0.487 e. The Morgan fingerprint density at radius 1 is 0.383 bits per heavy atom. The number of Topliss-reactive ketones (excluding diaryl/α,β-unsaturated/α-hetero) is 2. The highest BCUT2D eigenvalue weighted by Crippen LogP contribution is 2.31. The van der Waals surface area contributed by atoms with Gasteiger partial charge in [0.2, 0.25) is 11.6 Å². The van der Waals surface area contributed by atoms with Crippen LogP contribution in [0.1, 0.15) is 54.3 Å². The van der Waals surface area contributed by atoms with E-state index in [-0.39, 0.29) is 85.1 Å². The third-order valence-corrected chi connectivity index (χ3v) is 9.67. The fourth-order valence-electron chi connectivity index (χ4n) is 6.62. The van der Waals surface area contributed by atoms with E-state index in [9.17, 15) is 19.2 Å². The zero-order chi connectivity index (χ0) is 41.8. The second kappa shape index (κ2) is 23.9. The summed E-state index contributed by atoms with van der Waals surface area (Å²) in [5.41, 5.74) is 4.04. The van der Waals surface area contributed by atoms with Crippen LogP contribution in [0.25, 0.3) is 0 Å². The summed E-state index contributed by atoms with van der Waals surface area (Å²) < 4.78 is 45.7. The van der Waals surface area contributed by atoms with Crippen LogP contribution < -0.4 is 10.6 Å². The van der Waals surface area contributed by atoms with Gasteiger partial charge in [0.05, 0.1) is 90.4 Å². The Labute approximate surface area is 349 Å². The first-order valence-electron chi connectivity index (χ1n) is 20.3. The van der Waals surface area contributed by atoms with Gasteiger partial charge in [0, 0.05) is 35.4 Å². The number of ether oxygens (including phenoxy) is 8. The Bertz CT molecular complexity index is 1880. The molecule has 2 aromatic carbocycles. The van der Waals surface area contributed by atoms with Crippen LogP contribution >= 0.6 is 0 Å². The summed E-state index contributed by atoms with van der Waals surface area (Å²) in [6.45, 7) is 4.91. The maximum absolute atomic E-state index is 14.2. The molecular formula is C46H52N2O12. The zero-order valence-corrected chi connectivity index (χ0v) is 33.7. The average Bonchev–Trinajstić information content (AvgIpc) is 3.28. The molecule has 2 heterocycles. The number of allylic oxidation sites excluding steroid dienone is 12. The van der Waals surface area contributed by atoms with Crippen LogP contribution in [0.15, 0.2) is 119 Å². The van der Waals surface area contributed by atoms with Crippen molar-refractivity contribution >= 4 is 23.4 Å². The third kappa shape index (κ3) is 12.8. The summed E-state index contributed by atoms with van der Waals surface area (Å²) in [4.78, 5) is 54.7. The number of carbonyl (C=O) groups is 4. The molecule has 0 spiro atoms. The number of fused-ring (bicyclic) bond motifs is 2. The van der Waals surface area contributed by atoms with E-state index in [0.29, 0.717) is 90.1 Å². The number of carbonyl (C=O) groups excluding carboxylic acids is 4. The molecule has 2 N–H and O–H groups in total. The molecule has 2 aliphatic heterocycles. The molecule has 318 valence electrons. The lowest BCUT2D eigenvalue weighted by Crippen LogP contribution is -2.29. The minimum absolute atomic E-state index is 0.114. The molecule has 2 aliphatic carbocycles. The first-order valence-corrected chi connectivity index (χ1v) is 20.3. The first-order chi connectivity index (χ1) is 29.5. The first kappa shape index (κ1) is 44.1. The van der Waals surface area contributed by atoms with E-state index >= 15 is 0 Å². The van der Waals surface area contributed by atoms with Gasteiger partial charge in [0.1, 0.15) is 13.2 Å². The van der Waals surface area contributed by atoms with E-state index in [4.69, 9.17) is 37.9 Å². The summed E-state index contributed by atoms with van der Waals surface area (Å²) in [5.74, 6) is -1.35. The van der Waals surface area contributed by atoms with Gasteiger partial charge in [-0.2, -0.15) is 0 Å². The van der Waals surface area contributed by atoms with Gasteiger partial charge in [-0.05, 0) is 36.1 Å². The SMILES string of the molecule is O=C1NCCOCCOCCOCCOC(=C2C=CC(C3=CCC(=C4OCCOCCOCCOCCNC(=O)c5ccccc5C4=O)C=C3)=CC2)C(=O)c2ccccc21. The Balaban J connectivity index is 1.21. The molecule has 4 aliphatic rings. The molecule has 14 nitrogen and oxygen atoms in total. The van der Waals surface area contributed by atoms with Crippen molar-refractivity contribution < 1.29 is 57.1 Å². The van der Waals surface area contributed by atoms with Crippen LogP contribution in [0.4, 0.5) is 0 Å². The molecule has 0 saturated carbocycles. The number of ketones is 2. The second-order valence-electron chi connectivity index (χ2n) is 13.7. The van der Waals surface area contributed by atoms with Gasteiger partial charge in [-0.1, -0.05) is 72.9 Å². The molecule has 60 heavy (non-hydrogen) atoms. The van der Waals surface area contributed by atoms with Gasteiger partial charge in [0.25, 0.3) is 11.8 Å². The molecule has 0 aromatic heterocycles. The summed E-state index contributed by atoms with van der Waals surface area (Å²) in [6, 6.07) is 13.3. The molecule has 0 unspecified atom stereocenters. The van der Waals surface area contributed by atoms with E-state index in [1.165, 1.54) is 0 Å². The van der Waals surface area contributed by atoms with Crippen molar-refractivity contribution in [2.45, 2.75) is 12.8 Å². The summed E-state index contributed by atoms with van der Waals surface area (Å²) >= 11 is 0. The van der Waals surface area contributed by atoms with Gasteiger partial charge < -0.3 is 48.5 Å². The molecule has 2 aromatic rings. The van der Waals surface area contributed by atoms with E-state index < -0.39 is 11.6 Å². The van der Waals surface area contributed by atoms with Crippen LogP contribution in [0.3, 0.4) is 0 Å². The summed E-state index contributed by atoms with van der Waals surface area (Å²) in [5, 5.41) is 5.66. The van der Waals surface area contributed by atoms with Crippen LogP contribution in [-0.2, 0) is 37.9 Å². The van der Waals surface area contributed by atoms with Crippen LogP contribution in [0, 0.1) is 0 Å². The number of benzene rings is 2. The van der Waals surface area contributed by atoms with Crippen molar-refractivity contribution in [2.24, 2.45) is 0 Å². The van der Waals surface area contributed by atoms with Crippen molar-refractivity contribution in [3.05, 3.63) is 141 Å². The van der Waals surface area contributed by atoms with Crippen molar-refractivity contribution in [2.75, 3.05) is 106 Å². The predicted octanol–water partition coefficient (Wildman–Crippen LogP) is 4.65. The molecule has 0 fully saturated rings. The molecule has 0 saturated heterocycles. The second-order valence-corrected chi connectivity index (χ2v) is 13.7. The van der Waals surface area contributed by atoms with Crippen LogP contribution in [0.5, 0.6) is 0 Å².